The van der Waals surface area contributed by atoms with Gasteiger partial charge in [0.25, 0.3) is 0 Å². The van der Waals surface area contributed by atoms with Gasteiger partial charge < -0.3 is 0 Å². The second-order valence-corrected chi connectivity index (χ2v) is 4.91. The van der Waals surface area contributed by atoms with Gasteiger partial charge >= 0.3 is 0 Å². The summed E-state index contributed by atoms with van der Waals surface area (Å²) in [6, 6.07) is 11.1. The maximum Gasteiger partial charge on any atom is 0.234 e. The first kappa shape index (κ1) is 10.4. The minimum absolute atomic E-state index is 0.428. The molecule has 0 N–H and O–H groups in total. The quantitative estimate of drug-likeness (QED) is 0.681. The molecular weight excluding hydrogens is 202 g/mol. The molecule has 0 aliphatic rings. The molecule has 1 aromatic carbocycles. The van der Waals surface area contributed by atoms with E-state index in [1.165, 1.54) is 16.3 Å². The predicted octanol–water partition coefficient (Wildman–Crippen LogP) is 3.26. The van der Waals surface area contributed by atoms with Crippen LogP contribution in [0.4, 0.5) is 0 Å². The topological polar surface area (TPSA) is 3.88 Å². The van der Waals surface area contributed by atoms with Crippen LogP contribution in [0.3, 0.4) is 0 Å². The van der Waals surface area contributed by atoms with Crippen molar-refractivity contribution in [3.63, 3.8) is 0 Å². The maximum absolute atomic E-state index is 2.39. The molecule has 0 saturated carbocycles. The lowest BCUT2D eigenvalue weighted by molar-refractivity contribution is -0.716. The summed E-state index contributed by atoms with van der Waals surface area (Å²) in [5.74, 6) is 0. The molecule has 0 aliphatic heterocycles. The van der Waals surface area contributed by atoms with Crippen LogP contribution in [0.5, 0.6) is 0 Å². The van der Waals surface area contributed by atoms with Gasteiger partial charge in [-0.1, -0.05) is 41.7 Å². The summed E-state index contributed by atoms with van der Waals surface area (Å²) in [4.78, 5) is 0. The number of aromatic nitrogens is 1. The van der Waals surface area contributed by atoms with Crippen LogP contribution in [0.2, 0.25) is 0 Å². The Hall–Kier alpha value is -1.15. The Bertz CT molecular complexity index is 425. The zero-order valence-corrected chi connectivity index (χ0v) is 10.2. The SMILES string of the molecule is Cc1csc(C)[n+]1[C@H](C)c1ccccc1. The molecule has 1 aromatic heterocycles. The van der Waals surface area contributed by atoms with Crippen LogP contribution in [-0.2, 0) is 0 Å². The number of rotatable bonds is 2. The van der Waals surface area contributed by atoms with Crippen LogP contribution in [0.1, 0.15) is 29.2 Å². The van der Waals surface area contributed by atoms with Gasteiger partial charge in [0, 0.05) is 26.3 Å². The van der Waals surface area contributed by atoms with E-state index in [9.17, 15) is 0 Å². The van der Waals surface area contributed by atoms with Gasteiger partial charge in [0.05, 0.1) is 5.38 Å². The fraction of sp³-hybridized carbons (Fsp3) is 0.308. The van der Waals surface area contributed by atoms with Crippen molar-refractivity contribution in [3.05, 3.63) is 52.0 Å². The standard InChI is InChI=1S/C13H16NS/c1-10-9-15-12(3)14(10)11(2)13-7-5-4-6-8-13/h4-9,11H,1-3H3/q+1/t11-/m1/s1. The van der Waals surface area contributed by atoms with Crippen molar-refractivity contribution in [2.24, 2.45) is 0 Å². The summed E-state index contributed by atoms with van der Waals surface area (Å²) in [6.45, 7) is 6.60. The van der Waals surface area contributed by atoms with E-state index in [0.29, 0.717) is 6.04 Å². The second kappa shape index (κ2) is 4.15. The number of thiazole rings is 1. The average molecular weight is 218 g/mol. The molecule has 0 aliphatic carbocycles. The summed E-state index contributed by atoms with van der Waals surface area (Å²) >= 11 is 1.82. The summed E-state index contributed by atoms with van der Waals surface area (Å²) in [6.07, 6.45) is 0. The van der Waals surface area contributed by atoms with Crippen LogP contribution in [0, 0.1) is 13.8 Å². The van der Waals surface area contributed by atoms with Crippen LogP contribution >= 0.6 is 11.3 Å². The summed E-state index contributed by atoms with van der Waals surface area (Å²) in [5, 5.41) is 3.58. The van der Waals surface area contributed by atoms with Gasteiger partial charge in [0.2, 0.25) is 5.01 Å². The van der Waals surface area contributed by atoms with Gasteiger partial charge in [-0.3, -0.25) is 0 Å². The first-order valence-electron chi connectivity index (χ1n) is 5.21. The third kappa shape index (κ3) is 1.95. The number of nitrogens with zero attached hydrogens (tertiary/aromatic N) is 1. The summed E-state index contributed by atoms with van der Waals surface area (Å²) in [5.41, 5.74) is 2.71. The molecule has 2 aromatic rings. The minimum Gasteiger partial charge on any atom is -0.184 e. The van der Waals surface area contributed by atoms with E-state index >= 15 is 0 Å². The lowest BCUT2D eigenvalue weighted by Gasteiger charge is -2.07. The van der Waals surface area contributed by atoms with Gasteiger partial charge in [0.15, 0.2) is 11.7 Å². The van der Waals surface area contributed by atoms with Crippen molar-refractivity contribution < 1.29 is 4.57 Å². The molecule has 78 valence electrons. The molecule has 15 heavy (non-hydrogen) atoms. The van der Waals surface area contributed by atoms with E-state index in [-0.39, 0.29) is 0 Å². The van der Waals surface area contributed by atoms with Crippen LogP contribution < -0.4 is 4.57 Å². The Balaban J connectivity index is 2.41. The molecule has 1 heterocycles. The first-order valence-corrected chi connectivity index (χ1v) is 6.09. The van der Waals surface area contributed by atoms with E-state index in [2.05, 4.69) is 61.1 Å². The van der Waals surface area contributed by atoms with Gasteiger partial charge in [0.1, 0.15) is 0 Å². The Labute approximate surface area is 95.0 Å². The number of hydrogen-bond donors (Lipinski definition) is 0. The number of benzene rings is 1. The number of aryl methyl sites for hydroxylation is 2. The molecule has 2 heteroatoms. The lowest BCUT2D eigenvalue weighted by Crippen LogP contribution is -2.41. The van der Waals surface area contributed by atoms with E-state index in [4.69, 9.17) is 0 Å². The van der Waals surface area contributed by atoms with Gasteiger partial charge in [-0.2, -0.15) is 4.57 Å². The van der Waals surface area contributed by atoms with Crippen molar-refractivity contribution >= 4 is 11.3 Å². The number of hydrogen-bond acceptors (Lipinski definition) is 1. The van der Waals surface area contributed by atoms with Crippen molar-refractivity contribution in [1.29, 1.82) is 0 Å². The Morgan fingerprint density at radius 2 is 1.80 bits per heavy atom. The molecule has 0 unspecified atom stereocenters. The highest BCUT2D eigenvalue weighted by molar-refractivity contribution is 7.09. The molecule has 0 amide bonds. The van der Waals surface area contributed by atoms with E-state index < -0.39 is 0 Å². The van der Waals surface area contributed by atoms with Crippen molar-refractivity contribution in [2.75, 3.05) is 0 Å². The Morgan fingerprint density at radius 3 is 2.33 bits per heavy atom. The molecule has 0 bridgehead atoms. The highest BCUT2D eigenvalue weighted by Crippen LogP contribution is 2.16. The fourth-order valence-corrected chi connectivity index (χ4v) is 2.86. The Morgan fingerprint density at radius 1 is 1.13 bits per heavy atom. The van der Waals surface area contributed by atoms with Gasteiger partial charge in [-0.15, -0.1) is 0 Å². The molecule has 0 saturated heterocycles. The highest BCUT2D eigenvalue weighted by atomic mass is 32.1. The third-order valence-electron chi connectivity index (χ3n) is 2.79. The fourth-order valence-electron chi connectivity index (χ4n) is 1.99. The Kier molecular flexibility index (Phi) is 2.87. The minimum atomic E-state index is 0.428. The van der Waals surface area contributed by atoms with Crippen LogP contribution in [-0.4, -0.2) is 0 Å². The molecule has 0 spiro atoms. The molecule has 1 atom stereocenters. The van der Waals surface area contributed by atoms with E-state index in [1.54, 1.807) is 0 Å². The lowest BCUT2D eigenvalue weighted by atomic mass is 10.1. The van der Waals surface area contributed by atoms with E-state index in [1.807, 2.05) is 11.3 Å². The normalized spacial score (nSPS) is 12.7. The average Bonchev–Trinajstić information content (AvgIpc) is 2.59. The maximum atomic E-state index is 2.39. The smallest absolute Gasteiger partial charge is 0.184 e. The summed E-state index contributed by atoms with van der Waals surface area (Å²) < 4.78 is 2.39. The molecule has 0 radical (unpaired) electrons. The zero-order valence-electron chi connectivity index (χ0n) is 9.40. The summed E-state index contributed by atoms with van der Waals surface area (Å²) in [7, 11) is 0. The molecule has 1 nitrogen and oxygen atoms in total. The largest absolute Gasteiger partial charge is 0.234 e. The van der Waals surface area contributed by atoms with Crippen LogP contribution in [0.15, 0.2) is 35.7 Å². The first-order chi connectivity index (χ1) is 7.20. The van der Waals surface area contributed by atoms with Crippen molar-refractivity contribution in [3.8, 4) is 0 Å². The van der Waals surface area contributed by atoms with E-state index in [0.717, 1.165) is 0 Å². The highest BCUT2D eigenvalue weighted by Gasteiger charge is 2.21. The molecule has 0 fully saturated rings. The van der Waals surface area contributed by atoms with Crippen LogP contribution in [0.25, 0.3) is 0 Å². The zero-order chi connectivity index (χ0) is 10.8. The second-order valence-electron chi connectivity index (χ2n) is 3.85. The monoisotopic (exact) mass is 218 g/mol. The molecule has 2 rings (SSSR count). The van der Waals surface area contributed by atoms with Gasteiger partial charge in [-0.05, 0) is 0 Å². The third-order valence-corrected chi connectivity index (χ3v) is 3.79. The van der Waals surface area contributed by atoms with Crippen molar-refractivity contribution in [2.45, 2.75) is 26.8 Å². The van der Waals surface area contributed by atoms with Gasteiger partial charge in [-0.25, -0.2) is 0 Å². The predicted molar refractivity (Wildman–Crippen MR) is 64.2 cm³/mol. The van der Waals surface area contributed by atoms with Crippen molar-refractivity contribution in [1.82, 2.24) is 0 Å². The molecular formula is C13H16NS+.